The predicted octanol–water partition coefficient (Wildman–Crippen LogP) is 5.36. The van der Waals surface area contributed by atoms with Gasteiger partial charge in [-0.1, -0.05) is 60.3 Å². The normalized spacial score (nSPS) is 10.9. The summed E-state index contributed by atoms with van der Waals surface area (Å²) < 4.78 is 7.77. The summed E-state index contributed by atoms with van der Waals surface area (Å²) in [5.41, 5.74) is 5.15. The van der Waals surface area contributed by atoms with E-state index in [0.29, 0.717) is 16.7 Å². The number of nitrogens with one attached hydrogen (secondary N) is 1. The maximum absolute atomic E-state index is 12.5. The Balaban J connectivity index is 1.23. The van der Waals surface area contributed by atoms with Gasteiger partial charge in [-0.2, -0.15) is 5.10 Å². The van der Waals surface area contributed by atoms with Gasteiger partial charge in [0.2, 0.25) is 0 Å². The first-order valence-electron chi connectivity index (χ1n) is 11.5. The summed E-state index contributed by atoms with van der Waals surface area (Å²) in [5.74, 6) is 1.97. The van der Waals surface area contributed by atoms with E-state index in [0.717, 1.165) is 22.6 Å². The molecule has 0 fully saturated rings. The van der Waals surface area contributed by atoms with Crippen molar-refractivity contribution in [2.45, 2.75) is 5.16 Å². The summed E-state index contributed by atoms with van der Waals surface area (Å²) in [7, 11) is 0. The highest BCUT2D eigenvalue weighted by molar-refractivity contribution is 7.99. The van der Waals surface area contributed by atoms with Crippen LogP contribution in [0, 0.1) is 0 Å². The number of carbonyl (C=O) groups is 1. The first-order chi connectivity index (χ1) is 18.3. The molecule has 182 valence electrons. The predicted molar refractivity (Wildman–Crippen MR) is 144 cm³/mol. The molecule has 0 aliphatic rings. The van der Waals surface area contributed by atoms with Crippen LogP contribution < -0.4 is 10.2 Å². The van der Waals surface area contributed by atoms with Gasteiger partial charge in [0.25, 0.3) is 5.91 Å². The van der Waals surface area contributed by atoms with Crippen LogP contribution in [0.3, 0.4) is 0 Å². The lowest BCUT2D eigenvalue weighted by molar-refractivity contribution is -0.118. The lowest BCUT2D eigenvalue weighted by Crippen LogP contribution is -2.20. The number of ether oxygens (including phenoxy) is 1. The Bertz CT molecular complexity index is 1490. The number of benzene rings is 3. The fraction of sp³-hybridized carbons (Fsp3) is 0.0357. The smallest absolute Gasteiger partial charge is 0.250 e. The average molecular weight is 507 g/mol. The van der Waals surface area contributed by atoms with Crippen molar-refractivity contribution >= 4 is 23.9 Å². The second-order valence-electron chi connectivity index (χ2n) is 7.78. The molecule has 0 bridgehead atoms. The van der Waals surface area contributed by atoms with Gasteiger partial charge in [-0.15, -0.1) is 10.2 Å². The molecule has 1 N–H and O–H groups in total. The highest BCUT2D eigenvalue weighted by Crippen LogP contribution is 2.27. The molecule has 2 aromatic heterocycles. The molecule has 9 heteroatoms. The van der Waals surface area contributed by atoms with Crippen LogP contribution in [-0.2, 0) is 4.79 Å². The van der Waals surface area contributed by atoms with E-state index in [-0.39, 0.29) is 11.7 Å². The summed E-state index contributed by atoms with van der Waals surface area (Å²) in [4.78, 5) is 16.6. The molecule has 0 aliphatic heterocycles. The SMILES string of the molecule is O=C(CSc1nnc(-c2ccncc2)n1-c1ccccc1)N/N=C/c1cccc(Oc2ccccc2)c1. The van der Waals surface area contributed by atoms with Crippen LogP contribution >= 0.6 is 11.8 Å². The van der Waals surface area contributed by atoms with Gasteiger partial charge >= 0.3 is 0 Å². The van der Waals surface area contributed by atoms with E-state index in [1.165, 1.54) is 11.8 Å². The van der Waals surface area contributed by atoms with Gasteiger partial charge in [-0.3, -0.25) is 14.3 Å². The summed E-state index contributed by atoms with van der Waals surface area (Å²) >= 11 is 1.28. The van der Waals surface area contributed by atoms with E-state index < -0.39 is 0 Å². The van der Waals surface area contributed by atoms with E-state index in [2.05, 4.69) is 25.7 Å². The average Bonchev–Trinajstić information content (AvgIpc) is 3.38. The van der Waals surface area contributed by atoms with Crippen LogP contribution in [0.5, 0.6) is 11.5 Å². The highest BCUT2D eigenvalue weighted by Gasteiger charge is 2.17. The molecule has 0 atom stereocenters. The molecule has 5 rings (SSSR count). The Morgan fingerprint density at radius 3 is 2.41 bits per heavy atom. The van der Waals surface area contributed by atoms with Crippen molar-refractivity contribution in [1.82, 2.24) is 25.2 Å². The molecule has 0 spiro atoms. The number of para-hydroxylation sites is 2. The Morgan fingerprint density at radius 1 is 0.892 bits per heavy atom. The van der Waals surface area contributed by atoms with Crippen LogP contribution in [0.1, 0.15) is 5.56 Å². The van der Waals surface area contributed by atoms with Crippen LogP contribution in [0.4, 0.5) is 0 Å². The lowest BCUT2D eigenvalue weighted by Gasteiger charge is -2.10. The molecular formula is C28H22N6O2S. The monoisotopic (exact) mass is 506 g/mol. The zero-order chi connectivity index (χ0) is 25.3. The number of aromatic nitrogens is 4. The number of thioether (sulfide) groups is 1. The summed E-state index contributed by atoms with van der Waals surface area (Å²) in [6.07, 6.45) is 5.00. The fourth-order valence-electron chi connectivity index (χ4n) is 3.49. The Morgan fingerprint density at radius 2 is 1.62 bits per heavy atom. The van der Waals surface area contributed by atoms with Crippen molar-refractivity contribution in [3.63, 3.8) is 0 Å². The first kappa shape index (κ1) is 24.0. The maximum Gasteiger partial charge on any atom is 0.250 e. The maximum atomic E-state index is 12.5. The van der Waals surface area contributed by atoms with Crippen molar-refractivity contribution in [3.8, 4) is 28.6 Å². The number of amides is 1. The molecular weight excluding hydrogens is 484 g/mol. The molecule has 2 heterocycles. The van der Waals surface area contributed by atoms with Gasteiger partial charge in [0.1, 0.15) is 11.5 Å². The van der Waals surface area contributed by atoms with Gasteiger partial charge in [0.05, 0.1) is 12.0 Å². The number of nitrogens with zero attached hydrogens (tertiary/aromatic N) is 5. The third kappa shape index (κ3) is 6.28. The Labute approximate surface area is 218 Å². The van der Waals surface area contributed by atoms with Gasteiger partial charge in [-0.25, -0.2) is 5.43 Å². The molecule has 1 amide bonds. The van der Waals surface area contributed by atoms with E-state index in [4.69, 9.17) is 4.74 Å². The van der Waals surface area contributed by atoms with E-state index >= 15 is 0 Å². The quantitative estimate of drug-likeness (QED) is 0.164. The molecule has 0 radical (unpaired) electrons. The van der Waals surface area contributed by atoms with Crippen molar-refractivity contribution in [2.75, 3.05) is 5.75 Å². The van der Waals surface area contributed by atoms with Gasteiger partial charge in [0.15, 0.2) is 11.0 Å². The largest absolute Gasteiger partial charge is 0.457 e. The first-order valence-corrected chi connectivity index (χ1v) is 12.4. The molecule has 3 aromatic carbocycles. The third-order valence-corrected chi connectivity index (χ3v) is 6.09. The summed E-state index contributed by atoms with van der Waals surface area (Å²) in [6, 6.07) is 30.5. The van der Waals surface area contributed by atoms with Crippen molar-refractivity contribution in [3.05, 3.63) is 115 Å². The molecule has 5 aromatic rings. The van der Waals surface area contributed by atoms with Crippen LogP contribution in [0.25, 0.3) is 17.1 Å². The van der Waals surface area contributed by atoms with Gasteiger partial charge < -0.3 is 4.74 Å². The van der Waals surface area contributed by atoms with Crippen LogP contribution in [-0.4, -0.2) is 37.6 Å². The summed E-state index contributed by atoms with van der Waals surface area (Å²) in [5, 5.41) is 13.4. The number of carbonyl (C=O) groups excluding carboxylic acids is 1. The van der Waals surface area contributed by atoms with E-state index in [9.17, 15) is 4.79 Å². The Hall–Kier alpha value is -4.76. The number of pyridine rings is 1. The van der Waals surface area contributed by atoms with Crippen LogP contribution in [0.2, 0.25) is 0 Å². The molecule has 37 heavy (non-hydrogen) atoms. The highest BCUT2D eigenvalue weighted by atomic mass is 32.2. The van der Waals surface area contributed by atoms with Crippen LogP contribution in [0.15, 0.2) is 120 Å². The minimum Gasteiger partial charge on any atom is -0.457 e. The van der Waals surface area contributed by atoms with Crippen molar-refractivity contribution in [1.29, 1.82) is 0 Å². The van der Waals surface area contributed by atoms with E-state index in [1.807, 2.05) is 102 Å². The second-order valence-corrected chi connectivity index (χ2v) is 8.72. The Kier molecular flexibility index (Phi) is 7.63. The molecule has 0 saturated heterocycles. The minimum atomic E-state index is -0.258. The van der Waals surface area contributed by atoms with Gasteiger partial charge in [-0.05, 0) is 54.1 Å². The fourth-order valence-corrected chi connectivity index (χ4v) is 4.23. The number of hydrogen-bond donors (Lipinski definition) is 1. The third-order valence-electron chi connectivity index (χ3n) is 5.16. The second kappa shape index (κ2) is 11.8. The van der Waals surface area contributed by atoms with E-state index in [1.54, 1.807) is 18.6 Å². The zero-order valence-corrected chi connectivity index (χ0v) is 20.5. The molecule has 8 nitrogen and oxygen atoms in total. The lowest BCUT2D eigenvalue weighted by atomic mass is 10.2. The van der Waals surface area contributed by atoms with Gasteiger partial charge in [0, 0.05) is 23.6 Å². The molecule has 0 saturated carbocycles. The minimum absolute atomic E-state index is 0.121. The topological polar surface area (TPSA) is 94.3 Å². The molecule has 0 unspecified atom stereocenters. The number of hydrogen-bond acceptors (Lipinski definition) is 7. The zero-order valence-electron chi connectivity index (χ0n) is 19.6. The summed E-state index contributed by atoms with van der Waals surface area (Å²) in [6.45, 7) is 0. The number of rotatable bonds is 9. The molecule has 0 aliphatic carbocycles. The van der Waals surface area contributed by atoms with Crippen molar-refractivity contribution in [2.24, 2.45) is 5.10 Å². The number of hydrazone groups is 1. The standard InChI is InChI=1S/C28H22N6O2S/c35-26(31-30-19-21-8-7-13-25(18-21)36-24-11-5-2-6-12-24)20-37-28-33-32-27(22-14-16-29-17-15-22)34(28)23-9-3-1-4-10-23/h1-19H,20H2,(H,31,35)/b30-19+. The van der Waals surface area contributed by atoms with Crippen molar-refractivity contribution < 1.29 is 9.53 Å².